The second-order valence-corrected chi connectivity index (χ2v) is 3.76. The van der Waals surface area contributed by atoms with Gasteiger partial charge in [0.05, 0.1) is 13.2 Å². The summed E-state index contributed by atoms with van der Waals surface area (Å²) in [5.74, 6) is 0.441. The molecule has 78 valence electrons. The number of unbranched alkanes of at least 4 members (excludes halogenated alkanes) is 1. The average molecular weight is 188 g/mol. The van der Waals surface area contributed by atoms with Gasteiger partial charge >= 0.3 is 0 Å². The van der Waals surface area contributed by atoms with E-state index in [1.54, 1.807) is 0 Å². The van der Waals surface area contributed by atoms with Crippen LogP contribution < -0.4 is 0 Å². The van der Waals surface area contributed by atoms with Crippen molar-refractivity contribution in [2.45, 2.75) is 45.5 Å². The molecule has 1 heterocycles. The summed E-state index contributed by atoms with van der Waals surface area (Å²) in [5.41, 5.74) is 0. The van der Waals surface area contributed by atoms with E-state index in [1.807, 2.05) is 0 Å². The third-order valence-electron chi connectivity index (χ3n) is 2.45. The van der Waals surface area contributed by atoms with Crippen LogP contribution >= 0.6 is 0 Å². The quantitative estimate of drug-likeness (QED) is 0.711. The molecule has 3 atom stereocenters. The van der Waals surface area contributed by atoms with Crippen LogP contribution in [0.25, 0.3) is 0 Å². The second-order valence-electron chi connectivity index (χ2n) is 3.76. The maximum atomic E-state index is 8.84. The highest BCUT2D eigenvalue weighted by Crippen LogP contribution is 2.22. The number of ether oxygens (including phenoxy) is 2. The Hall–Kier alpha value is -0.120. The molecule has 3 nitrogen and oxygen atoms in total. The van der Waals surface area contributed by atoms with Crippen molar-refractivity contribution in [2.75, 3.05) is 13.2 Å². The number of hydrogen-bond acceptors (Lipinski definition) is 3. The summed E-state index contributed by atoms with van der Waals surface area (Å²) < 4.78 is 10.9. The molecule has 1 aliphatic heterocycles. The van der Waals surface area contributed by atoms with E-state index < -0.39 is 0 Å². The Morgan fingerprint density at radius 1 is 1.54 bits per heavy atom. The lowest BCUT2D eigenvalue weighted by Gasteiger charge is -2.17. The fourth-order valence-electron chi connectivity index (χ4n) is 1.53. The van der Waals surface area contributed by atoms with Gasteiger partial charge in [-0.1, -0.05) is 26.7 Å². The van der Waals surface area contributed by atoms with E-state index in [0.29, 0.717) is 12.5 Å². The van der Waals surface area contributed by atoms with Crippen molar-refractivity contribution in [1.29, 1.82) is 0 Å². The van der Waals surface area contributed by atoms with Gasteiger partial charge in [0.25, 0.3) is 0 Å². The van der Waals surface area contributed by atoms with E-state index in [9.17, 15) is 0 Å². The van der Waals surface area contributed by atoms with Crippen LogP contribution in [0.4, 0.5) is 0 Å². The standard InChI is InChI=1S/C10H20O3/c1-3-4-5-8(2)10-12-7-9(6-11)13-10/h8-11H,3-7H2,1-2H3. The molecule has 1 N–H and O–H groups in total. The average Bonchev–Trinajstić information content (AvgIpc) is 2.62. The summed E-state index contributed by atoms with van der Waals surface area (Å²) in [6.07, 6.45) is 3.37. The normalized spacial score (nSPS) is 30.7. The fourth-order valence-corrected chi connectivity index (χ4v) is 1.53. The zero-order chi connectivity index (χ0) is 9.68. The highest BCUT2D eigenvalue weighted by atomic mass is 16.7. The third kappa shape index (κ3) is 3.25. The minimum absolute atomic E-state index is 0.0665. The summed E-state index contributed by atoms with van der Waals surface area (Å²) >= 11 is 0. The number of hydrogen-bond donors (Lipinski definition) is 1. The van der Waals surface area contributed by atoms with Crippen molar-refractivity contribution in [3.05, 3.63) is 0 Å². The zero-order valence-corrected chi connectivity index (χ0v) is 8.53. The maximum Gasteiger partial charge on any atom is 0.160 e. The van der Waals surface area contributed by atoms with E-state index in [0.717, 1.165) is 6.42 Å². The Labute approximate surface area is 80.0 Å². The fraction of sp³-hybridized carbons (Fsp3) is 1.00. The lowest BCUT2D eigenvalue weighted by molar-refractivity contribution is -0.0991. The smallest absolute Gasteiger partial charge is 0.160 e. The molecule has 1 saturated heterocycles. The van der Waals surface area contributed by atoms with Crippen LogP contribution in [0, 0.1) is 5.92 Å². The molecular weight excluding hydrogens is 168 g/mol. The molecule has 1 rings (SSSR count). The van der Waals surface area contributed by atoms with E-state index in [1.165, 1.54) is 12.8 Å². The minimum atomic E-state index is -0.103. The van der Waals surface area contributed by atoms with Gasteiger partial charge in [0.1, 0.15) is 6.10 Å². The summed E-state index contributed by atoms with van der Waals surface area (Å²) in [4.78, 5) is 0. The Morgan fingerprint density at radius 2 is 2.31 bits per heavy atom. The van der Waals surface area contributed by atoms with Gasteiger partial charge in [0, 0.05) is 5.92 Å². The van der Waals surface area contributed by atoms with Gasteiger partial charge in [-0.15, -0.1) is 0 Å². The van der Waals surface area contributed by atoms with Crippen molar-refractivity contribution in [3.63, 3.8) is 0 Å². The van der Waals surface area contributed by atoms with Crippen LogP contribution in [0.1, 0.15) is 33.1 Å². The molecule has 3 heteroatoms. The molecule has 0 aromatic rings. The zero-order valence-electron chi connectivity index (χ0n) is 8.53. The van der Waals surface area contributed by atoms with E-state index >= 15 is 0 Å². The Bertz CT molecular complexity index is 138. The van der Waals surface area contributed by atoms with E-state index in [-0.39, 0.29) is 19.0 Å². The van der Waals surface area contributed by atoms with Crippen molar-refractivity contribution in [3.8, 4) is 0 Å². The van der Waals surface area contributed by atoms with Gasteiger partial charge in [-0.3, -0.25) is 0 Å². The molecule has 0 radical (unpaired) electrons. The molecule has 1 fully saturated rings. The Kier molecular flexibility index (Phi) is 4.70. The van der Waals surface area contributed by atoms with Crippen LogP contribution in [0.3, 0.4) is 0 Å². The van der Waals surface area contributed by atoms with E-state index in [2.05, 4.69) is 13.8 Å². The number of aliphatic hydroxyl groups excluding tert-OH is 1. The van der Waals surface area contributed by atoms with Crippen molar-refractivity contribution in [2.24, 2.45) is 5.92 Å². The van der Waals surface area contributed by atoms with Gasteiger partial charge in [0.2, 0.25) is 0 Å². The third-order valence-corrected chi connectivity index (χ3v) is 2.45. The van der Waals surface area contributed by atoms with Gasteiger partial charge in [-0.25, -0.2) is 0 Å². The maximum absolute atomic E-state index is 8.84. The highest BCUT2D eigenvalue weighted by molar-refractivity contribution is 4.68. The summed E-state index contributed by atoms with van der Waals surface area (Å²) in [7, 11) is 0. The first kappa shape index (κ1) is 11.0. The first-order chi connectivity index (χ1) is 6.27. The molecule has 0 aromatic heterocycles. The van der Waals surface area contributed by atoms with Crippen molar-refractivity contribution < 1.29 is 14.6 Å². The summed E-state index contributed by atoms with van der Waals surface area (Å²) in [5, 5.41) is 8.84. The SMILES string of the molecule is CCCCC(C)C1OCC(CO)O1. The highest BCUT2D eigenvalue weighted by Gasteiger charge is 2.29. The van der Waals surface area contributed by atoms with Crippen LogP contribution in [-0.4, -0.2) is 30.7 Å². The second kappa shape index (κ2) is 5.58. The molecule has 0 amide bonds. The molecule has 0 aliphatic carbocycles. The first-order valence-electron chi connectivity index (χ1n) is 5.15. The number of aliphatic hydroxyl groups is 1. The van der Waals surface area contributed by atoms with Gasteiger partial charge in [-0.05, 0) is 6.42 Å². The summed E-state index contributed by atoms with van der Waals surface area (Å²) in [6, 6.07) is 0. The lowest BCUT2D eigenvalue weighted by atomic mass is 10.0. The van der Waals surface area contributed by atoms with Gasteiger partial charge in [0.15, 0.2) is 6.29 Å². The number of rotatable bonds is 5. The predicted molar refractivity (Wildman–Crippen MR) is 50.4 cm³/mol. The van der Waals surface area contributed by atoms with Crippen molar-refractivity contribution >= 4 is 0 Å². The lowest BCUT2D eigenvalue weighted by Crippen LogP contribution is -2.21. The first-order valence-corrected chi connectivity index (χ1v) is 5.15. The van der Waals surface area contributed by atoms with Crippen LogP contribution in [0.15, 0.2) is 0 Å². The van der Waals surface area contributed by atoms with E-state index in [4.69, 9.17) is 14.6 Å². The molecule has 0 saturated carbocycles. The molecule has 1 aliphatic rings. The predicted octanol–water partition coefficient (Wildman–Crippen LogP) is 1.55. The molecule has 13 heavy (non-hydrogen) atoms. The summed E-state index contributed by atoms with van der Waals surface area (Å²) in [6.45, 7) is 4.92. The molecule has 0 spiro atoms. The van der Waals surface area contributed by atoms with Crippen LogP contribution in [0.2, 0.25) is 0 Å². The molecule has 0 aromatic carbocycles. The largest absolute Gasteiger partial charge is 0.394 e. The monoisotopic (exact) mass is 188 g/mol. The van der Waals surface area contributed by atoms with Crippen LogP contribution in [0.5, 0.6) is 0 Å². The van der Waals surface area contributed by atoms with Gasteiger partial charge < -0.3 is 14.6 Å². The molecule has 3 unspecified atom stereocenters. The van der Waals surface area contributed by atoms with Crippen LogP contribution in [-0.2, 0) is 9.47 Å². The molecular formula is C10H20O3. The topological polar surface area (TPSA) is 38.7 Å². The Morgan fingerprint density at radius 3 is 2.85 bits per heavy atom. The van der Waals surface area contributed by atoms with Gasteiger partial charge in [-0.2, -0.15) is 0 Å². The van der Waals surface area contributed by atoms with Crippen molar-refractivity contribution in [1.82, 2.24) is 0 Å². The molecule has 0 bridgehead atoms. The Balaban J connectivity index is 2.20. The minimum Gasteiger partial charge on any atom is -0.394 e.